The van der Waals surface area contributed by atoms with E-state index in [1.807, 2.05) is 48.0 Å². The summed E-state index contributed by atoms with van der Waals surface area (Å²) in [5.41, 5.74) is 2.39. The van der Waals surface area contributed by atoms with Gasteiger partial charge in [-0.3, -0.25) is 4.79 Å². The smallest absolute Gasteiger partial charge is 0.251 e. The number of nitrogens with zero attached hydrogens (tertiary/aromatic N) is 2. The molecule has 1 heterocycles. The van der Waals surface area contributed by atoms with Crippen LogP contribution in [0.1, 0.15) is 28.9 Å². The molecule has 1 atom stereocenters. The van der Waals surface area contributed by atoms with Crippen molar-refractivity contribution in [2.24, 2.45) is 0 Å². The van der Waals surface area contributed by atoms with Crippen LogP contribution in [-0.2, 0) is 0 Å². The normalized spacial score (nSPS) is 11.7. The van der Waals surface area contributed by atoms with E-state index < -0.39 is 0 Å². The molecule has 3 aromatic rings. The third kappa shape index (κ3) is 3.69. The lowest BCUT2D eigenvalue weighted by Crippen LogP contribution is -2.27. The van der Waals surface area contributed by atoms with Gasteiger partial charge in [-0.15, -0.1) is 0 Å². The van der Waals surface area contributed by atoms with Gasteiger partial charge in [-0.2, -0.15) is 0 Å². The van der Waals surface area contributed by atoms with Crippen molar-refractivity contribution >= 4 is 5.91 Å². The second kappa shape index (κ2) is 7.74. The number of carbonyl (C=O) groups is 1. The summed E-state index contributed by atoms with van der Waals surface area (Å²) in [7, 11) is 3.21. The maximum atomic E-state index is 12.6. The van der Waals surface area contributed by atoms with Crippen molar-refractivity contribution in [3.63, 3.8) is 0 Å². The Morgan fingerprint density at radius 1 is 1.12 bits per heavy atom. The van der Waals surface area contributed by atoms with Gasteiger partial charge in [-0.1, -0.05) is 0 Å². The third-order valence-electron chi connectivity index (χ3n) is 4.18. The van der Waals surface area contributed by atoms with Crippen LogP contribution in [0, 0.1) is 0 Å². The molecule has 0 aliphatic heterocycles. The van der Waals surface area contributed by atoms with Crippen LogP contribution in [0.2, 0.25) is 0 Å². The van der Waals surface area contributed by atoms with E-state index in [9.17, 15) is 4.79 Å². The number of benzene rings is 2. The van der Waals surface area contributed by atoms with E-state index in [0.29, 0.717) is 17.1 Å². The molecule has 0 saturated carbocycles. The Morgan fingerprint density at radius 2 is 1.88 bits per heavy atom. The van der Waals surface area contributed by atoms with Gasteiger partial charge in [0.05, 0.1) is 26.6 Å². The van der Waals surface area contributed by atoms with Gasteiger partial charge >= 0.3 is 0 Å². The summed E-state index contributed by atoms with van der Waals surface area (Å²) in [5, 5.41) is 3.00. The molecule has 0 aliphatic carbocycles. The highest BCUT2D eigenvalue weighted by Crippen LogP contribution is 2.29. The van der Waals surface area contributed by atoms with E-state index in [2.05, 4.69) is 10.3 Å². The molecule has 0 saturated heterocycles. The van der Waals surface area contributed by atoms with E-state index in [1.165, 1.54) is 0 Å². The topological polar surface area (TPSA) is 65.4 Å². The van der Waals surface area contributed by atoms with Crippen molar-refractivity contribution in [3.8, 4) is 17.2 Å². The first-order chi connectivity index (χ1) is 12.6. The SMILES string of the molecule is COc1ccc(OC)c(C(C)NC(=O)c2ccc(-n3ccnc3)cc2)c1. The fraction of sp³-hybridized carbons (Fsp3) is 0.200. The average Bonchev–Trinajstić information content (AvgIpc) is 3.22. The monoisotopic (exact) mass is 351 g/mol. The molecule has 1 N–H and O–H groups in total. The van der Waals surface area contributed by atoms with E-state index in [-0.39, 0.29) is 11.9 Å². The van der Waals surface area contributed by atoms with E-state index in [0.717, 1.165) is 11.3 Å². The van der Waals surface area contributed by atoms with Crippen LogP contribution >= 0.6 is 0 Å². The predicted molar refractivity (Wildman–Crippen MR) is 99.0 cm³/mol. The molecule has 0 radical (unpaired) electrons. The molecule has 1 unspecified atom stereocenters. The van der Waals surface area contributed by atoms with Crippen LogP contribution in [0.4, 0.5) is 0 Å². The molecule has 0 fully saturated rings. The zero-order chi connectivity index (χ0) is 18.5. The minimum Gasteiger partial charge on any atom is -0.497 e. The van der Waals surface area contributed by atoms with Crippen molar-refractivity contribution in [2.45, 2.75) is 13.0 Å². The summed E-state index contributed by atoms with van der Waals surface area (Å²) in [6.07, 6.45) is 5.28. The summed E-state index contributed by atoms with van der Waals surface area (Å²) in [6, 6.07) is 12.6. The first-order valence-corrected chi connectivity index (χ1v) is 8.23. The highest BCUT2D eigenvalue weighted by atomic mass is 16.5. The number of ether oxygens (including phenoxy) is 2. The fourth-order valence-electron chi connectivity index (χ4n) is 2.73. The molecular formula is C20H21N3O3. The van der Waals surface area contributed by atoms with Gasteiger partial charge in [-0.05, 0) is 49.4 Å². The molecule has 6 nitrogen and oxygen atoms in total. The molecule has 1 aromatic heterocycles. The molecule has 134 valence electrons. The van der Waals surface area contributed by atoms with Crippen molar-refractivity contribution in [3.05, 3.63) is 72.3 Å². The maximum Gasteiger partial charge on any atom is 0.251 e. The zero-order valence-electron chi connectivity index (χ0n) is 15.0. The summed E-state index contributed by atoms with van der Waals surface area (Å²) >= 11 is 0. The number of rotatable bonds is 6. The summed E-state index contributed by atoms with van der Waals surface area (Å²) in [5.74, 6) is 1.26. The molecule has 26 heavy (non-hydrogen) atoms. The van der Waals surface area contributed by atoms with Crippen LogP contribution in [0.5, 0.6) is 11.5 Å². The van der Waals surface area contributed by atoms with Crippen LogP contribution in [-0.4, -0.2) is 29.7 Å². The molecule has 0 bridgehead atoms. The lowest BCUT2D eigenvalue weighted by atomic mass is 10.1. The highest BCUT2D eigenvalue weighted by molar-refractivity contribution is 5.94. The van der Waals surface area contributed by atoms with Gasteiger partial charge in [-0.25, -0.2) is 4.98 Å². The molecule has 0 aliphatic rings. The van der Waals surface area contributed by atoms with Crippen molar-refractivity contribution < 1.29 is 14.3 Å². The molecule has 0 spiro atoms. The lowest BCUT2D eigenvalue weighted by molar-refractivity contribution is 0.0939. The number of imidazole rings is 1. The van der Waals surface area contributed by atoms with E-state index in [4.69, 9.17) is 9.47 Å². The first kappa shape index (κ1) is 17.5. The number of nitrogens with one attached hydrogen (secondary N) is 1. The number of hydrogen-bond donors (Lipinski definition) is 1. The predicted octanol–water partition coefficient (Wildman–Crippen LogP) is 3.38. The van der Waals surface area contributed by atoms with Crippen LogP contribution in [0.15, 0.2) is 61.2 Å². The van der Waals surface area contributed by atoms with Gasteiger partial charge in [0, 0.05) is 29.2 Å². The number of methoxy groups -OCH3 is 2. The Hall–Kier alpha value is -3.28. The quantitative estimate of drug-likeness (QED) is 0.739. The second-order valence-corrected chi connectivity index (χ2v) is 5.82. The second-order valence-electron chi connectivity index (χ2n) is 5.82. The largest absolute Gasteiger partial charge is 0.497 e. The Bertz CT molecular complexity index is 874. The highest BCUT2D eigenvalue weighted by Gasteiger charge is 2.16. The van der Waals surface area contributed by atoms with E-state index >= 15 is 0 Å². The Morgan fingerprint density at radius 3 is 2.50 bits per heavy atom. The van der Waals surface area contributed by atoms with Gasteiger partial charge in [0.15, 0.2) is 0 Å². The first-order valence-electron chi connectivity index (χ1n) is 8.23. The van der Waals surface area contributed by atoms with Crippen molar-refractivity contribution in [1.82, 2.24) is 14.9 Å². The fourth-order valence-corrected chi connectivity index (χ4v) is 2.73. The Labute approximate surface area is 152 Å². The third-order valence-corrected chi connectivity index (χ3v) is 4.18. The number of carbonyl (C=O) groups excluding carboxylic acids is 1. The Kier molecular flexibility index (Phi) is 5.22. The zero-order valence-corrected chi connectivity index (χ0v) is 15.0. The summed E-state index contributed by atoms with van der Waals surface area (Å²) in [4.78, 5) is 16.6. The van der Waals surface area contributed by atoms with Crippen molar-refractivity contribution in [1.29, 1.82) is 0 Å². The van der Waals surface area contributed by atoms with E-state index in [1.54, 1.807) is 38.9 Å². The minimum absolute atomic E-state index is 0.153. The van der Waals surface area contributed by atoms with Gasteiger partial charge in [0.2, 0.25) is 0 Å². The Balaban J connectivity index is 1.75. The molecule has 6 heteroatoms. The minimum atomic E-state index is -0.235. The summed E-state index contributed by atoms with van der Waals surface area (Å²) in [6.45, 7) is 1.91. The average molecular weight is 351 g/mol. The van der Waals surface area contributed by atoms with Crippen LogP contribution < -0.4 is 14.8 Å². The maximum absolute atomic E-state index is 12.6. The van der Waals surface area contributed by atoms with Gasteiger partial charge in [0.25, 0.3) is 5.91 Å². The molecule has 3 rings (SSSR count). The van der Waals surface area contributed by atoms with Crippen molar-refractivity contribution in [2.75, 3.05) is 14.2 Å². The number of hydrogen-bond acceptors (Lipinski definition) is 4. The molecule has 1 amide bonds. The van der Waals surface area contributed by atoms with Gasteiger partial charge < -0.3 is 19.4 Å². The summed E-state index contributed by atoms with van der Waals surface area (Å²) < 4.78 is 12.5. The number of aromatic nitrogens is 2. The molecule has 2 aromatic carbocycles. The standard InChI is InChI=1S/C20H21N3O3/c1-14(18-12-17(25-2)8-9-19(18)26-3)22-20(24)15-4-6-16(7-5-15)23-11-10-21-13-23/h4-14H,1-3H3,(H,22,24). The van der Waals surface area contributed by atoms with Gasteiger partial charge in [0.1, 0.15) is 11.5 Å². The van der Waals surface area contributed by atoms with Crippen LogP contribution in [0.25, 0.3) is 5.69 Å². The lowest BCUT2D eigenvalue weighted by Gasteiger charge is -2.18. The number of amides is 1. The van der Waals surface area contributed by atoms with Crippen LogP contribution in [0.3, 0.4) is 0 Å². The molecular weight excluding hydrogens is 330 g/mol.